The van der Waals surface area contributed by atoms with Crippen molar-refractivity contribution < 1.29 is 18.0 Å². The van der Waals surface area contributed by atoms with E-state index in [-0.39, 0.29) is 17.3 Å². The lowest BCUT2D eigenvalue weighted by Crippen LogP contribution is -2.44. The zero-order valence-electron chi connectivity index (χ0n) is 20.4. The molecule has 5 rings (SSSR count). The van der Waals surface area contributed by atoms with E-state index in [1.165, 1.54) is 9.36 Å². The number of aromatic nitrogens is 5. The number of hydrogen-bond acceptors (Lipinski definition) is 7. The molecule has 2 aliphatic rings. The molecular formula is C23H27F3IN9O. The number of amides is 1. The quantitative estimate of drug-likeness (QED) is 0.245. The molecule has 1 spiro atoms. The van der Waals surface area contributed by atoms with E-state index in [1.807, 2.05) is 29.6 Å². The van der Waals surface area contributed by atoms with Crippen molar-refractivity contribution in [2.24, 2.45) is 18.3 Å². The molecule has 0 radical (unpaired) electrons. The van der Waals surface area contributed by atoms with Crippen LogP contribution in [0.5, 0.6) is 0 Å². The van der Waals surface area contributed by atoms with Crippen molar-refractivity contribution in [2.75, 3.05) is 31.6 Å². The lowest BCUT2D eigenvalue weighted by atomic mass is 9.77. The Bertz CT molecular complexity index is 1360. The highest BCUT2D eigenvalue weighted by Crippen LogP contribution is 2.44. The van der Waals surface area contributed by atoms with E-state index < -0.39 is 24.2 Å². The second kappa shape index (κ2) is 9.78. The van der Waals surface area contributed by atoms with Gasteiger partial charge >= 0.3 is 0 Å². The maximum Gasteiger partial charge on any atom is 0.257 e. The van der Waals surface area contributed by atoms with E-state index in [2.05, 4.69) is 25.5 Å². The van der Waals surface area contributed by atoms with Gasteiger partial charge in [0, 0.05) is 37.8 Å². The molecule has 0 bridgehead atoms. The van der Waals surface area contributed by atoms with Gasteiger partial charge in [-0.25, -0.2) is 18.2 Å². The average molecular weight is 629 g/mol. The van der Waals surface area contributed by atoms with E-state index >= 15 is 0 Å². The molecule has 14 heteroatoms. The number of pyridine rings is 1. The van der Waals surface area contributed by atoms with Gasteiger partial charge in [-0.1, -0.05) is 22.6 Å². The molecule has 3 aromatic rings. The number of fused-ring (bicyclic) bond motifs is 1. The third-order valence-electron chi connectivity index (χ3n) is 7.43. The summed E-state index contributed by atoms with van der Waals surface area (Å²) in [6.07, 6.45) is 0.509. The van der Waals surface area contributed by atoms with E-state index in [1.54, 1.807) is 22.1 Å². The number of hydrogen-bond donors (Lipinski definition) is 2. The van der Waals surface area contributed by atoms with Gasteiger partial charge in [0.15, 0.2) is 5.82 Å². The molecule has 37 heavy (non-hydrogen) atoms. The summed E-state index contributed by atoms with van der Waals surface area (Å²) in [6.45, 7) is 1.14. The predicted octanol–water partition coefficient (Wildman–Crippen LogP) is 2.88. The third-order valence-corrected chi connectivity index (χ3v) is 8.05. The van der Waals surface area contributed by atoms with Crippen LogP contribution < -0.4 is 16.2 Å². The fourth-order valence-corrected chi connectivity index (χ4v) is 5.93. The van der Waals surface area contributed by atoms with Crippen LogP contribution in [-0.2, 0) is 18.4 Å². The predicted molar refractivity (Wildman–Crippen MR) is 141 cm³/mol. The second-order valence-electron chi connectivity index (χ2n) is 9.52. The van der Waals surface area contributed by atoms with Crippen molar-refractivity contribution in [1.29, 1.82) is 0 Å². The summed E-state index contributed by atoms with van der Waals surface area (Å²) >= 11 is 1.97. The molecule has 198 valence electrons. The lowest BCUT2D eigenvalue weighted by Gasteiger charge is -2.39. The van der Waals surface area contributed by atoms with Crippen LogP contribution in [0.2, 0.25) is 0 Å². The zero-order chi connectivity index (χ0) is 26.5. The normalized spacial score (nSPS) is 18.2. The van der Waals surface area contributed by atoms with Crippen LogP contribution in [0.4, 0.5) is 18.9 Å². The van der Waals surface area contributed by atoms with Gasteiger partial charge in [-0.3, -0.25) is 20.0 Å². The van der Waals surface area contributed by atoms with Crippen molar-refractivity contribution in [1.82, 2.24) is 34.9 Å². The Morgan fingerprint density at radius 3 is 2.51 bits per heavy atom. The maximum atomic E-state index is 14.8. The van der Waals surface area contributed by atoms with Gasteiger partial charge in [-0.15, -0.1) is 0 Å². The third kappa shape index (κ3) is 4.32. The van der Waals surface area contributed by atoms with Crippen molar-refractivity contribution in [3.8, 4) is 11.4 Å². The van der Waals surface area contributed by atoms with E-state index in [9.17, 15) is 18.0 Å². The second-order valence-corrected chi connectivity index (χ2v) is 10.1. The van der Waals surface area contributed by atoms with Crippen molar-refractivity contribution >= 4 is 50.9 Å². The standard InChI is InChI=1S/C23H27F3IN9O/c1-33-6-3-23(22(33)37)4-7-35(8-5-23)16-9-14(20-13(24)11-29-34(20)2)30-19-18(15(10-27)31-28)32-36(21(16)19)12-17(25)26/h9-11,17,31H,3-8,12,28H2,1-2H3/b15-10-. The van der Waals surface area contributed by atoms with Crippen LogP contribution in [0.25, 0.3) is 28.1 Å². The molecule has 0 atom stereocenters. The minimum atomic E-state index is -2.66. The smallest absolute Gasteiger partial charge is 0.257 e. The molecule has 0 unspecified atom stereocenters. The SMILES string of the molecule is CN1CCC2(CCN(c3cc(-c4c(F)cnn4C)nc4c(/C(=C/I)NN)nn(CC(F)F)c34)CC2)C1=O. The number of hydrazine groups is 1. The maximum absolute atomic E-state index is 14.8. The number of alkyl halides is 2. The number of aryl methyl sites for hydroxylation is 1. The molecule has 2 fully saturated rings. The number of piperidine rings is 1. The molecule has 3 N–H and O–H groups in total. The molecule has 2 saturated heterocycles. The molecular weight excluding hydrogens is 602 g/mol. The number of nitrogens with one attached hydrogen (secondary N) is 1. The van der Waals surface area contributed by atoms with Gasteiger partial charge in [0.05, 0.1) is 28.7 Å². The van der Waals surface area contributed by atoms with E-state index in [4.69, 9.17) is 5.84 Å². The highest BCUT2D eigenvalue weighted by atomic mass is 127. The highest BCUT2D eigenvalue weighted by Gasteiger charge is 2.47. The first-order valence-corrected chi connectivity index (χ1v) is 13.1. The highest BCUT2D eigenvalue weighted by molar-refractivity contribution is 14.1. The average Bonchev–Trinajstić information content (AvgIpc) is 3.49. The summed E-state index contributed by atoms with van der Waals surface area (Å²) in [5, 5.41) is 8.44. The van der Waals surface area contributed by atoms with Crippen LogP contribution in [0.1, 0.15) is 25.0 Å². The Morgan fingerprint density at radius 1 is 1.27 bits per heavy atom. The molecule has 5 heterocycles. The van der Waals surface area contributed by atoms with Gasteiger partial charge in [0.25, 0.3) is 6.43 Å². The fraction of sp³-hybridized carbons (Fsp3) is 0.478. The van der Waals surface area contributed by atoms with Gasteiger partial charge in [-0.05, 0) is 25.3 Å². The van der Waals surface area contributed by atoms with Gasteiger partial charge < -0.3 is 15.2 Å². The topological polar surface area (TPSA) is 110 Å². The van der Waals surface area contributed by atoms with Crippen molar-refractivity contribution in [2.45, 2.75) is 32.2 Å². The van der Waals surface area contributed by atoms with Crippen molar-refractivity contribution in [3.63, 3.8) is 0 Å². The molecule has 10 nitrogen and oxygen atoms in total. The van der Waals surface area contributed by atoms with E-state index in [0.29, 0.717) is 54.0 Å². The summed E-state index contributed by atoms with van der Waals surface area (Å²) in [5.41, 5.74) is 4.58. The number of rotatable bonds is 6. The molecule has 0 aromatic carbocycles. The number of anilines is 1. The monoisotopic (exact) mass is 629 g/mol. The van der Waals surface area contributed by atoms with Crippen LogP contribution in [0.3, 0.4) is 0 Å². The number of nitrogens with zero attached hydrogens (tertiary/aromatic N) is 7. The Morgan fingerprint density at radius 2 is 1.97 bits per heavy atom. The van der Waals surface area contributed by atoms with Crippen LogP contribution >= 0.6 is 22.6 Å². The van der Waals surface area contributed by atoms with Crippen LogP contribution in [-0.4, -0.2) is 68.5 Å². The summed E-state index contributed by atoms with van der Waals surface area (Å²) in [6, 6.07) is 1.69. The number of likely N-dealkylation sites (tertiary alicyclic amines) is 1. The van der Waals surface area contributed by atoms with Crippen molar-refractivity contribution in [3.05, 3.63) is 27.9 Å². The number of halogens is 4. The van der Waals surface area contributed by atoms with E-state index in [0.717, 1.165) is 19.2 Å². The molecule has 1 amide bonds. The summed E-state index contributed by atoms with van der Waals surface area (Å²) in [5.74, 6) is 5.30. The first-order chi connectivity index (χ1) is 17.7. The molecule has 0 aliphatic carbocycles. The molecule has 2 aliphatic heterocycles. The molecule has 0 saturated carbocycles. The Labute approximate surface area is 224 Å². The zero-order valence-corrected chi connectivity index (χ0v) is 22.5. The van der Waals surface area contributed by atoms with Crippen LogP contribution in [0, 0.1) is 11.2 Å². The summed E-state index contributed by atoms with van der Waals surface area (Å²) < 4.78 is 46.3. The van der Waals surface area contributed by atoms with Gasteiger partial charge in [0.1, 0.15) is 29.0 Å². The first kappa shape index (κ1) is 25.8. The minimum Gasteiger partial charge on any atom is -0.370 e. The Balaban J connectivity index is 1.69. The van der Waals surface area contributed by atoms with Gasteiger partial charge in [-0.2, -0.15) is 10.2 Å². The Kier molecular flexibility index (Phi) is 6.81. The van der Waals surface area contributed by atoms with Crippen LogP contribution in [0.15, 0.2) is 16.3 Å². The fourth-order valence-electron chi connectivity index (χ4n) is 5.45. The first-order valence-electron chi connectivity index (χ1n) is 11.8. The Hall–Kier alpha value is -2.88. The van der Waals surface area contributed by atoms with Gasteiger partial charge in [0.2, 0.25) is 5.91 Å². The summed E-state index contributed by atoms with van der Waals surface area (Å²) in [7, 11) is 3.42. The number of carbonyl (C=O) groups is 1. The minimum absolute atomic E-state index is 0.153. The number of nitrogens with two attached hydrogens (primary N) is 1. The number of carbonyl (C=O) groups excluding carboxylic acids is 1. The lowest BCUT2D eigenvalue weighted by molar-refractivity contribution is -0.135. The molecule has 3 aromatic heterocycles. The largest absolute Gasteiger partial charge is 0.370 e. The summed E-state index contributed by atoms with van der Waals surface area (Å²) in [4.78, 5) is 21.4.